The largest absolute Gasteiger partial charge is 0.379 e. The van der Waals surface area contributed by atoms with Crippen LogP contribution in [0.1, 0.15) is 43.7 Å². The molecule has 1 saturated carbocycles. The molecular formula is C29H38N6O2. The minimum atomic E-state index is -0.0244. The Hall–Kier alpha value is -2.97. The van der Waals surface area contributed by atoms with Gasteiger partial charge in [-0.3, -0.25) is 14.4 Å². The monoisotopic (exact) mass is 502 g/mol. The lowest BCUT2D eigenvalue weighted by molar-refractivity contribution is -0.117. The smallest absolute Gasteiger partial charge is 0.229 e. The summed E-state index contributed by atoms with van der Waals surface area (Å²) < 4.78 is 7.50. The number of aryl methyl sites for hydroxylation is 2. The van der Waals surface area contributed by atoms with Gasteiger partial charge in [0.2, 0.25) is 5.91 Å². The maximum atomic E-state index is 13.2. The van der Waals surface area contributed by atoms with Crippen LogP contribution in [0.2, 0.25) is 0 Å². The summed E-state index contributed by atoms with van der Waals surface area (Å²) in [6.45, 7) is 12.5. The van der Waals surface area contributed by atoms with Gasteiger partial charge in [-0.15, -0.1) is 0 Å². The van der Waals surface area contributed by atoms with Crippen molar-refractivity contribution >= 4 is 28.2 Å². The van der Waals surface area contributed by atoms with Crippen molar-refractivity contribution in [2.75, 3.05) is 49.6 Å². The van der Waals surface area contributed by atoms with Crippen molar-refractivity contribution in [3.05, 3.63) is 47.9 Å². The van der Waals surface area contributed by atoms with Crippen molar-refractivity contribution in [2.45, 2.75) is 45.1 Å². The van der Waals surface area contributed by atoms with Crippen LogP contribution in [0.3, 0.4) is 0 Å². The molecule has 0 spiro atoms. The molecule has 2 aromatic heterocycles. The van der Waals surface area contributed by atoms with Gasteiger partial charge in [0.15, 0.2) is 0 Å². The topological polar surface area (TPSA) is 75.5 Å². The number of piperazine rings is 1. The lowest BCUT2D eigenvalue weighted by atomic mass is 9.97. The van der Waals surface area contributed by atoms with Gasteiger partial charge in [-0.1, -0.05) is 13.3 Å². The highest BCUT2D eigenvalue weighted by Gasteiger charge is 2.54. The standard InChI is InChI=1S/C29H38N6O2/c1-5-23-26(22-16-31-33(4)17-22)27(23)28(36)32-25-14-20-13-24(19(2)12-21(20)15-30-25)34-7-9-35(10-8-34)29(3)6-11-37-18-29/h12-17,23,26-27H,5-11,18H2,1-4H3,(H,30,32,36). The van der Waals surface area contributed by atoms with Gasteiger partial charge in [0.25, 0.3) is 0 Å². The predicted octanol–water partition coefficient (Wildman–Crippen LogP) is 3.96. The summed E-state index contributed by atoms with van der Waals surface area (Å²) in [5.41, 5.74) is 3.86. The van der Waals surface area contributed by atoms with Gasteiger partial charge in [-0.2, -0.15) is 5.10 Å². The Balaban J connectivity index is 1.16. The van der Waals surface area contributed by atoms with E-state index >= 15 is 0 Å². The molecule has 4 atom stereocenters. The molecule has 196 valence electrons. The maximum absolute atomic E-state index is 13.2. The predicted molar refractivity (Wildman–Crippen MR) is 146 cm³/mol. The van der Waals surface area contributed by atoms with Crippen LogP contribution in [0.5, 0.6) is 0 Å². The van der Waals surface area contributed by atoms with Gasteiger partial charge >= 0.3 is 0 Å². The number of pyridine rings is 1. The third-order valence-corrected chi connectivity index (χ3v) is 8.92. The Morgan fingerprint density at radius 2 is 1.97 bits per heavy atom. The van der Waals surface area contributed by atoms with Crippen molar-refractivity contribution in [1.82, 2.24) is 19.7 Å². The third-order valence-electron chi connectivity index (χ3n) is 8.92. The fourth-order valence-corrected chi connectivity index (χ4v) is 6.61. The molecule has 6 rings (SSSR count). The van der Waals surface area contributed by atoms with Crippen molar-refractivity contribution in [3.8, 4) is 0 Å². The van der Waals surface area contributed by atoms with Crippen LogP contribution in [0.4, 0.5) is 11.5 Å². The summed E-state index contributed by atoms with van der Waals surface area (Å²) in [7, 11) is 1.92. The maximum Gasteiger partial charge on any atom is 0.229 e. The molecule has 8 heteroatoms. The molecule has 1 N–H and O–H groups in total. The number of hydrogen-bond acceptors (Lipinski definition) is 6. The molecule has 1 amide bonds. The summed E-state index contributed by atoms with van der Waals surface area (Å²) >= 11 is 0. The number of carbonyl (C=O) groups excluding carboxylic acids is 1. The molecular weight excluding hydrogens is 464 g/mol. The van der Waals surface area contributed by atoms with Crippen molar-refractivity contribution in [3.63, 3.8) is 0 Å². The number of anilines is 2. The fraction of sp³-hybridized carbons (Fsp3) is 0.552. The molecule has 0 radical (unpaired) electrons. The number of rotatable bonds is 6. The van der Waals surface area contributed by atoms with Gasteiger partial charge in [0.05, 0.1) is 12.8 Å². The Bertz CT molecular complexity index is 1300. The van der Waals surface area contributed by atoms with Crippen LogP contribution in [-0.4, -0.2) is 70.5 Å². The molecule has 2 saturated heterocycles. The Labute approximate surface area is 219 Å². The number of nitrogens with one attached hydrogen (secondary N) is 1. The number of fused-ring (bicyclic) bond motifs is 1. The van der Waals surface area contributed by atoms with Crippen molar-refractivity contribution in [1.29, 1.82) is 0 Å². The zero-order chi connectivity index (χ0) is 25.7. The van der Waals surface area contributed by atoms with Crippen LogP contribution >= 0.6 is 0 Å². The van der Waals surface area contributed by atoms with E-state index in [4.69, 9.17) is 4.74 Å². The zero-order valence-electron chi connectivity index (χ0n) is 22.4. The van der Waals surface area contributed by atoms with Gasteiger partial charge in [0, 0.05) is 80.7 Å². The fourth-order valence-electron chi connectivity index (χ4n) is 6.61. The van der Waals surface area contributed by atoms with Crippen LogP contribution < -0.4 is 10.2 Å². The second-order valence-corrected chi connectivity index (χ2v) is 11.4. The van der Waals surface area contributed by atoms with Crippen molar-refractivity contribution < 1.29 is 9.53 Å². The van der Waals surface area contributed by atoms with Crippen molar-refractivity contribution in [2.24, 2.45) is 18.9 Å². The molecule has 1 aromatic carbocycles. The Morgan fingerprint density at radius 3 is 2.65 bits per heavy atom. The summed E-state index contributed by atoms with van der Waals surface area (Å²) in [5.74, 6) is 1.25. The lowest BCUT2D eigenvalue weighted by Crippen LogP contribution is -2.56. The van der Waals surface area contributed by atoms with E-state index in [0.717, 1.165) is 68.6 Å². The first-order valence-electron chi connectivity index (χ1n) is 13.6. The second kappa shape index (κ2) is 9.40. The zero-order valence-corrected chi connectivity index (χ0v) is 22.4. The van der Waals surface area contributed by atoms with E-state index < -0.39 is 0 Å². The normalized spacial score (nSPS) is 28.1. The summed E-state index contributed by atoms with van der Waals surface area (Å²) in [5, 5.41) is 9.62. The molecule has 4 unspecified atom stereocenters. The first-order chi connectivity index (χ1) is 17.9. The number of nitrogens with zero attached hydrogens (tertiary/aromatic N) is 5. The highest BCUT2D eigenvalue weighted by Crippen LogP contribution is 2.56. The third kappa shape index (κ3) is 4.50. The minimum absolute atomic E-state index is 0.0244. The summed E-state index contributed by atoms with van der Waals surface area (Å²) in [6.07, 6.45) is 7.89. The van der Waals surface area contributed by atoms with Crippen LogP contribution in [0.25, 0.3) is 10.8 Å². The van der Waals surface area contributed by atoms with E-state index in [2.05, 4.69) is 58.1 Å². The highest BCUT2D eigenvalue weighted by molar-refractivity contribution is 5.97. The summed E-state index contributed by atoms with van der Waals surface area (Å²) in [6, 6.07) is 6.50. The molecule has 3 aliphatic rings. The number of aromatic nitrogens is 3. The Kier molecular flexibility index (Phi) is 6.19. The first kappa shape index (κ1) is 24.4. The van der Waals surface area contributed by atoms with Crippen LogP contribution in [0.15, 0.2) is 36.8 Å². The molecule has 8 nitrogen and oxygen atoms in total. The van der Waals surface area contributed by atoms with Gasteiger partial charge in [0.1, 0.15) is 5.82 Å². The van der Waals surface area contributed by atoms with E-state index in [-0.39, 0.29) is 23.3 Å². The number of carbonyl (C=O) groups is 1. The molecule has 3 aromatic rings. The molecule has 4 heterocycles. The first-order valence-corrected chi connectivity index (χ1v) is 13.6. The SMILES string of the molecule is CCC1C(C(=O)Nc2cc3cc(N4CCN(C5(C)CCOC5)CC4)c(C)cc3cn2)C1c1cnn(C)c1. The van der Waals surface area contributed by atoms with E-state index in [1.807, 2.05) is 36.4 Å². The van der Waals surface area contributed by atoms with E-state index in [1.54, 1.807) is 0 Å². The van der Waals surface area contributed by atoms with Crippen LogP contribution in [0, 0.1) is 18.8 Å². The lowest BCUT2D eigenvalue weighted by Gasteiger charge is -2.44. The number of benzene rings is 1. The number of amides is 1. The minimum Gasteiger partial charge on any atom is -0.379 e. The van der Waals surface area contributed by atoms with Crippen LogP contribution in [-0.2, 0) is 16.6 Å². The highest BCUT2D eigenvalue weighted by atomic mass is 16.5. The molecule has 1 aliphatic carbocycles. The number of hydrogen-bond donors (Lipinski definition) is 1. The Morgan fingerprint density at radius 1 is 1.16 bits per heavy atom. The van der Waals surface area contributed by atoms with Gasteiger partial charge < -0.3 is 15.0 Å². The van der Waals surface area contributed by atoms with E-state index in [9.17, 15) is 4.79 Å². The van der Waals surface area contributed by atoms with E-state index in [1.165, 1.54) is 11.3 Å². The molecule has 37 heavy (non-hydrogen) atoms. The quantitative estimate of drug-likeness (QED) is 0.550. The van der Waals surface area contributed by atoms with Gasteiger partial charge in [-0.05, 0) is 60.9 Å². The van der Waals surface area contributed by atoms with Gasteiger partial charge in [-0.25, -0.2) is 4.98 Å². The summed E-state index contributed by atoms with van der Waals surface area (Å²) in [4.78, 5) is 22.9. The average Bonchev–Trinajstić information content (AvgIpc) is 3.18. The van der Waals surface area contributed by atoms with E-state index in [0.29, 0.717) is 11.7 Å². The molecule has 3 fully saturated rings. The average molecular weight is 503 g/mol. The molecule has 0 bridgehead atoms. The molecule has 2 aliphatic heterocycles. The second-order valence-electron chi connectivity index (χ2n) is 11.4. The number of ether oxygens (including phenoxy) is 1.